The van der Waals surface area contributed by atoms with Crippen LogP contribution < -0.4 is 5.32 Å². The van der Waals surface area contributed by atoms with Gasteiger partial charge in [0.25, 0.3) is 0 Å². The van der Waals surface area contributed by atoms with Gasteiger partial charge < -0.3 is 5.32 Å². The van der Waals surface area contributed by atoms with E-state index in [9.17, 15) is 0 Å². The number of para-hydroxylation sites is 1. The number of imidazole rings is 1. The Kier molecular flexibility index (Phi) is 4.52. The van der Waals surface area contributed by atoms with Crippen LogP contribution >= 0.6 is 0 Å². The normalized spacial score (nSPS) is 11.1. The van der Waals surface area contributed by atoms with Gasteiger partial charge in [-0.3, -0.25) is 9.25 Å². The third-order valence-corrected chi connectivity index (χ3v) is 5.17. The fraction of sp³-hybridized carbons (Fsp3) is 0.125. The van der Waals surface area contributed by atoms with Crippen LogP contribution in [0.5, 0.6) is 0 Å². The summed E-state index contributed by atoms with van der Waals surface area (Å²) in [6, 6.07) is 22.5. The smallest absolute Gasteiger partial charge is 0.138 e. The number of hydrogen-bond donors (Lipinski definition) is 1. The highest BCUT2D eigenvalue weighted by Crippen LogP contribution is 2.25. The average molecular weight is 394 g/mol. The predicted octanol–water partition coefficient (Wildman–Crippen LogP) is 4.74. The van der Waals surface area contributed by atoms with E-state index >= 15 is 0 Å². The molecule has 0 radical (unpaired) electrons. The Bertz CT molecular complexity index is 1320. The lowest BCUT2D eigenvalue weighted by molar-refractivity contribution is 0.797. The number of fused-ring (bicyclic) bond motifs is 1. The molecular formula is C24H22N6. The molecule has 0 spiro atoms. The van der Waals surface area contributed by atoms with Crippen LogP contribution in [0, 0.1) is 6.92 Å². The molecule has 0 unspecified atom stereocenters. The van der Waals surface area contributed by atoms with E-state index in [1.165, 1.54) is 0 Å². The lowest BCUT2D eigenvalue weighted by atomic mass is 10.1. The summed E-state index contributed by atoms with van der Waals surface area (Å²) < 4.78 is 3.94. The zero-order valence-corrected chi connectivity index (χ0v) is 16.9. The molecule has 2 aromatic carbocycles. The van der Waals surface area contributed by atoms with Gasteiger partial charge in [-0.25, -0.2) is 9.97 Å². The van der Waals surface area contributed by atoms with E-state index in [2.05, 4.69) is 51.5 Å². The SMILES string of the molecule is Cc1cccc(-n2cc(-c3ccc4c(cnn4C)c3)nc2CNc2ccccc2)n1. The quantitative estimate of drug-likeness (QED) is 0.468. The number of benzene rings is 2. The van der Waals surface area contributed by atoms with Gasteiger partial charge >= 0.3 is 0 Å². The van der Waals surface area contributed by atoms with Gasteiger partial charge in [0.05, 0.1) is 24.0 Å². The van der Waals surface area contributed by atoms with Crippen LogP contribution in [0.25, 0.3) is 28.0 Å². The Morgan fingerprint density at radius 3 is 2.63 bits per heavy atom. The van der Waals surface area contributed by atoms with Crippen molar-refractivity contribution >= 4 is 16.6 Å². The highest BCUT2D eigenvalue weighted by Gasteiger charge is 2.13. The molecule has 148 valence electrons. The summed E-state index contributed by atoms with van der Waals surface area (Å²) in [5.41, 5.74) is 5.10. The Hall–Kier alpha value is -3.93. The molecule has 0 saturated heterocycles. The minimum atomic E-state index is 0.592. The number of nitrogens with one attached hydrogen (secondary N) is 1. The molecule has 3 aromatic heterocycles. The number of hydrogen-bond acceptors (Lipinski definition) is 4. The van der Waals surface area contributed by atoms with Crippen molar-refractivity contribution in [1.29, 1.82) is 0 Å². The molecule has 1 N–H and O–H groups in total. The van der Waals surface area contributed by atoms with Crippen LogP contribution in [-0.2, 0) is 13.6 Å². The maximum absolute atomic E-state index is 4.95. The fourth-order valence-electron chi connectivity index (χ4n) is 3.60. The van der Waals surface area contributed by atoms with E-state index in [0.717, 1.165) is 45.2 Å². The van der Waals surface area contributed by atoms with Crippen LogP contribution in [0.3, 0.4) is 0 Å². The maximum atomic E-state index is 4.95. The van der Waals surface area contributed by atoms with Gasteiger partial charge in [-0.05, 0) is 43.3 Å². The van der Waals surface area contributed by atoms with Gasteiger partial charge in [-0.1, -0.05) is 30.3 Å². The number of aryl methyl sites for hydroxylation is 2. The Labute approximate surface area is 174 Å². The zero-order chi connectivity index (χ0) is 20.5. The van der Waals surface area contributed by atoms with Gasteiger partial charge in [-0.15, -0.1) is 0 Å². The van der Waals surface area contributed by atoms with E-state index in [1.807, 2.05) is 61.2 Å². The second kappa shape index (κ2) is 7.48. The van der Waals surface area contributed by atoms with Gasteiger partial charge in [0.2, 0.25) is 0 Å². The molecule has 5 aromatic rings. The number of pyridine rings is 1. The second-order valence-electron chi connectivity index (χ2n) is 7.31. The Balaban J connectivity index is 1.56. The molecule has 0 aliphatic rings. The Morgan fingerprint density at radius 1 is 0.933 bits per heavy atom. The van der Waals surface area contributed by atoms with E-state index in [1.54, 1.807) is 0 Å². The molecule has 0 amide bonds. The molecular weight excluding hydrogens is 372 g/mol. The summed E-state index contributed by atoms with van der Waals surface area (Å²) in [4.78, 5) is 9.65. The minimum absolute atomic E-state index is 0.592. The van der Waals surface area contributed by atoms with Crippen LogP contribution in [0.15, 0.2) is 79.1 Å². The molecule has 0 atom stereocenters. The number of anilines is 1. The third kappa shape index (κ3) is 3.43. The highest BCUT2D eigenvalue weighted by atomic mass is 15.2. The van der Waals surface area contributed by atoms with E-state index in [0.29, 0.717) is 6.54 Å². The first-order valence-corrected chi connectivity index (χ1v) is 9.91. The van der Waals surface area contributed by atoms with Crippen molar-refractivity contribution in [3.63, 3.8) is 0 Å². The lowest BCUT2D eigenvalue weighted by Gasteiger charge is -2.09. The third-order valence-electron chi connectivity index (χ3n) is 5.17. The summed E-state index contributed by atoms with van der Waals surface area (Å²) in [5.74, 6) is 1.76. The van der Waals surface area contributed by atoms with Gasteiger partial charge in [0.15, 0.2) is 0 Å². The summed E-state index contributed by atoms with van der Waals surface area (Å²) in [6.45, 7) is 2.59. The van der Waals surface area contributed by atoms with Crippen LogP contribution in [0.1, 0.15) is 11.5 Å². The molecule has 0 saturated carbocycles. The number of nitrogens with zero attached hydrogens (tertiary/aromatic N) is 5. The molecule has 3 heterocycles. The molecule has 6 nitrogen and oxygen atoms in total. The minimum Gasteiger partial charge on any atom is -0.378 e. The molecule has 5 rings (SSSR count). The van der Waals surface area contributed by atoms with E-state index in [4.69, 9.17) is 9.97 Å². The van der Waals surface area contributed by atoms with Crippen LogP contribution in [0.4, 0.5) is 5.69 Å². The van der Waals surface area contributed by atoms with Crippen molar-refractivity contribution in [3.8, 4) is 17.1 Å². The van der Waals surface area contributed by atoms with Crippen molar-refractivity contribution in [2.75, 3.05) is 5.32 Å². The number of aromatic nitrogens is 5. The first-order chi connectivity index (χ1) is 14.7. The highest BCUT2D eigenvalue weighted by molar-refractivity contribution is 5.83. The van der Waals surface area contributed by atoms with Gasteiger partial charge in [0, 0.05) is 35.6 Å². The molecule has 0 fully saturated rings. The maximum Gasteiger partial charge on any atom is 0.138 e. The van der Waals surface area contributed by atoms with E-state index < -0.39 is 0 Å². The van der Waals surface area contributed by atoms with Gasteiger partial charge in [-0.2, -0.15) is 5.10 Å². The van der Waals surface area contributed by atoms with Crippen molar-refractivity contribution in [2.24, 2.45) is 7.05 Å². The lowest BCUT2D eigenvalue weighted by Crippen LogP contribution is -2.08. The molecule has 0 aliphatic heterocycles. The zero-order valence-electron chi connectivity index (χ0n) is 16.9. The van der Waals surface area contributed by atoms with Crippen molar-refractivity contribution in [3.05, 3.63) is 90.6 Å². The van der Waals surface area contributed by atoms with Crippen LogP contribution in [-0.4, -0.2) is 24.3 Å². The first-order valence-electron chi connectivity index (χ1n) is 9.91. The summed E-state index contributed by atoms with van der Waals surface area (Å²) >= 11 is 0. The van der Waals surface area contributed by atoms with E-state index in [-0.39, 0.29) is 0 Å². The monoisotopic (exact) mass is 394 g/mol. The topological polar surface area (TPSA) is 60.6 Å². The molecule has 30 heavy (non-hydrogen) atoms. The van der Waals surface area contributed by atoms with Crippen LogP contribution in [0.2, 0.25) is 0 Å². The largest absolute Gasteiger partial charge is 0.378 e. The van der Waals surface area contributed by atoms with Crippen molar-refractivity contribution in [2.45, 2.75) is 13.5 Å². The Morgan fingerprint density at radius 2 is 1.80 bits per heavy atom. The fourth-order valence-corrected chi connectivity index (χ4v) is 3.60. The molecule has 0 aliphatic carbocycles. The molecule has 6 heteroatoms. The summed E-state index contributed by atoms with van der Waals surface area (Å²) in [5, 5.41) is 8.90. The standard InChI is InChI=1S/C24H22N6/c1-17-7-6-10-23(27-17)30-16-21(18-11-12-22-19(13-18)14-26-29(22)2)28-24(30)15-25-20-8-4-3-5-9-20/h3-14,16,25H,15H2,1-2H3. The van der Waals surface area contributed by atoms with Crippen molar-refractivity contribution in [1.82, 2.24) is 24.3 Å². The van der Waals surface area contributed by atoms with Gasteiger partial charge in [0.1, 0.15) is 11.6 Å². The average Bonchev–Trinajstić information content (AvgIpc) is 3.37. The molecule has 0 bridgehead atoms. The first kappa shape index (κ1) is 18.1. The number of rotatable bonds is 5. The van der Waals surface area contributed by atoms with Crippen molar-refractivity contribution < 1.29 is 0 Å². The predicted molar refractivity (Wildman–Crippen MR) is 120 cm³/mol. The summed E-state index contributed by atoms with van der Waals surface area (Å²) in [7, 11) is 1.95. The summed E-state index contributed by atoms with van der Waals surface area (Å²) in [6.07, 6.45) is 3.94. The second-order valence-corrected chi connectivity index (χ2v) is 7.31.